The molecule has 3 N–H and O–H groups in total. The van der Waals surface area contributed by atoms with Crippen molar-refractivity contribution in [1.82, 2.24) is 29.7 Å². The average Bonchev–Trinajstić information content (AvgIpc) is 3.77. The highest BCUT2D eigenvalue weighted by atomic mass is 19.3. The summed E-state index contributed by atoms with van der Waals surface area (Å²) in [7, 11) is 0. The predicted molar refractivity (Wildman–Crippen MR) is 212 cm³/mol. The zero-order valence-corrected chi connectivity index (χ0v) is 33.2. The highest BCUT2D eigenvalue weighted by Crippen LogP contribution is 2.66. The lowest BCUT2D eigenvalue weighted by Gasteiger charge is -2.47. The molecule has 5 aromatic rings. The van der Waals surface area contributed by atoms with Gasteiger partial charge in [0, 0.05) is 34.7 Å². The number of piperidine rings is 1. The van der Waals surface area contributed by atoms with E-state index in [-0.39, 0.29) is 45.5 Å². The zero-order valence-electron chi connectivity index (χ0n) is 33.2. The first kappa shape index (κ1) is 36.1. The number of fused-ring (bicyclic) bond motifs is 6. The molecule has 3 aromatic carbocycles. The number of hydrogen-bond donors (Lipinski definition) is 3. The molecule has 296 valence electrons. The Labute approximate surface area is 330 Å². The maximum Gasteiger partial charge on any atom is 0.410 e. The van der Waals surface area contributed by atoms with E-state index in [2.05, 4.69) is 35.7 Å². The zero-order chi connectivity index (χ0) is 40.0. The largest absolute Gasteiger partial charge is 0.465 e. The van der Waals surface area contributed by atoms with Gasteiger partial charge < -0.3 is 19.8 Å². The topological polar surface area (TPSA) is 127 Å². The lowest BCUT2D eigenvalue weighted by atomic mass is 9.61. The summed E-state index contributed by atoms with van der Waals surface area (Å²) in [5.74, 6) is -1.98. The number of nitrogens with zero attached hydrogens (tertiary/aromatic N) is 4. The van der Waals surface area contributed by atoms with Gasteiger partial charge in [-0.15, -0.1) is 0 Å². The molecule has 2 saturated carbocycles. The monoisotopic (exact) mass is 774 g/mol. The van der Waals surface area contributed by atoms with E-state index in [4.69, 9.17) is 9.72 Å². The van der Waals surface area contributed by atoms with Crippen LogP contribution < -0.4 is 0 Å². The van der Waals surface area contributed by atoms with E-state index in [1.165, 1.54) is 0 Å². The molecule has 0 radical (unpaired) electrons. The predicted octanol–water partition coefficient (Wildman–Crippen LogP) is 10.8. The fraction of sp³-hybridized carbons (Fsp3) is 0.467. The second-order valence-corrected chi connectivity index (χ2v) is 19.4. The van der Waals surface area contributed by atoms with Gasteiger partial charge in [0.05, 0.1) is 35.0 Å². The summed E-state index contributed by atoms with van der Waals surface area (Å²) >= 11 is 0. The van der Waals surface area contributed by atoms with Crippen molar-refractivity contribution in [2.45, 2.75) is 110 Å². The minimum absolute atomic E-state index is 0.0377. The van der Waals surface area contributed by atoms with Crippen molar-refractivity contribution in [2.24, 2.45) is 16.2 Å². The number of benzene rings is 3. The van der Waals surface area contributed by atoms with E-state index >= 15 is 8.78 Å². The van der Waals surface area contributed by atoms with Crippen molar-refractivity contribution in [3.05, 3.63) is 83.6 Å². The number of aromatic amines is 2. The van der Waals surface area contributed by atoms with Gasteiger partial charge in [-0.05, 0) is 117 Å². The van der Waals surface area contributed by atoms with Crippen LogP contribution >= 0.6 is 0 Å². The molecule has 12 heteroatoms. The van der Waals surface area contributed by atoms with Crippen LogP contribution in [0.1, 0.15) is 115 Å². The maximum absolute atomic E-state index is 16.5. The number of amides is 2. The second-order valence-electron chi connectivity index (χ2n) is 19.4. The van der Waals surface area contributed by atoms with Crippen LogP contribution in [-0.2, 0) is 10.7 Å². The number of H-pyrrole nitrogens is 2. The van der Waals surface area contributed by atoms with Gasteiger partial charge >= 0.3 is 12.2 Å². The van der Waals surface area contributed by atoms with E-state index in [0.717, 1.165) is 49.6 Å². The highest BCUT2D eigenvalue weighted by Gasteiger charge is 2.64. The molecule has 10 nitrogen and oxygen atoms in total. The van der Waals surface area contributed by atoms with Crippen LogP contribution in [0.2, 0.25) is 0 Å². The number of hydrogen-bond acceptors (Lipinski definition) is 5. The maximum atomic E-state index is 16.5. The molecule has 3 aliphatic carbocycles. The third kappa shape index (κ3) is 5.45. The van der Waals surface area contributed by atoms with Gasteiger partial charge in [0.2, 0.25) is 0 Å². The Kier molecular flexibility index (Phi) is 7.39. The first-order chi connectivity index (χ1) is 26.9. The number of imidazole rings is 2. The molecule has 4 fully saturated rings. The van der Waals surface area contributed by atoms with E-state index in [1.54, 1.807) is 40.3 Å². The summed E-state index contributed by atoms with van der Waals surface area (Å²) in [6.45, 7) is 12.7. The molecule has 4 atom stereocenters. The number of likely N-dealkylation sites (tertiary alicyclic amines) is 2. The van der Waals surface area contributed by atoms with E-state index < -0.39 is 23.7 Å². The van der Waals surface area contributed by atoms with Crippen molar-refractivity contribution < 1.29 is 28.2 Å². The minimum atomic E-state index is -3.24. The molecule has 2 amide bonds. The van der Waals surface area contributed by atoms with Gasteiger partial charge in [-0.3, -0.25) is 9.80 Å². The molecular formula is C45H48F2N6O4. The number of alkyl halides is 2. The normalized spacial score (nSPS) is 25.4. The van der Waals surface area contributed by atoms with Crippen molar-refractivity contribution in [3.8, 4) is 33.5 Å². The number of carbonyl (C=O) groups excluding carboxylic acids is 1. The molecule has 57 heavy (non-hydrogen) atoms. The molecule has 4 heterocycles. The Morgan fingerprint density at radius 2 is 1.53 bits per heavy atom. The number of carbonyl (C=O) groups is 2. The molecule has 2 aromatic heterocycles. The summed E-state index contributed by atoms with van der Waals surface area (Å²) in [6.07, 6.45) is 5.86. The van der Waals surface area contributed by atoms with Gasteiger partial charge in [0.25, 0.3) is 5.92 Å². The van der Waals surface area contributed by atoms with Crippen LogP contribution in [0.4, 0.5) is 18.4 Å². The van der Waals surface area contributed by atoms with E-state index in [1.807, 2.05) is 51.1 Å². The SMILES string of the molecule is CC(C)(C)OC(=O)N1CC2(CC2)C[C@H]1c1ncc(-c2ccc3c(c2)C(F)(F)c2cc(-c4ccc5nc([C@H]6N(C(=O)O)[C@@H]7CCC6(C(C)(C)C)C7)[nH]c5c4)ccc2-3)[nH]1. The number of ether oxygens (including phenoxy) is 1. The Morgan fingerprint density at radius 1 is 0.860 bits per heavy atom. The summed E-state index contributed by atoms with van der Waals surface area (Å²) < 4.78 is 38.8. The van der Waals surface area contributed by atoms with Crippen molar-refractivity contribution >= 4 is 23.2 Å². The Hall–Kier alpha value is -5.26. The lowest BCUT2D eigenvalue weighted by Crippen LogP contribution is -2.46. The molecule has 5 aliphatic rings. The molecule has 1 spiro atoms. The van der Waals surface area contributed by atoms with Crippen LogP contribution in [0.25, 0.3) is 44.5 Å². The Morgan fingerprint density at radius 3 is 2.19 bits per heavy atom. The highest BCUT2D eigenvalue weighted by molar-refractivity contribution is 5.87. The number of aromatic nitrogens is 4. The molecule has 10 rings (SSSR count). The van der Waals surface area contributed by atoms with Gasteiger partial charge in [0.1, 0.15) is 17.2 Å². The molecule has 2 saturated heterocycles. The number of nitrogens with one attached hydrogen (secondary N) is 2. The molecule has 2 bridgehead atoms. The lowest BCUT2D eigenvalue weighted by molar-refractivity contribution is 0.00821. The van der Waals surface area contributed by atoms with Crippen LogP contribution in [0, 0.1) is 16.2 Å². The van der Waals surface area contributed by atoms with Gasteiger partial charge in [-0.25, -0.2) is 19.6 Å². The fourth-order valence-corrected chi connectivity index (χ4v) is 10.7. The van der Waals surface area contributed by atoms with Crippen LogP contribution in [0.15, 0.2) is 60.8 Å². The van der Waals surface area contributed by atoms with Gasteiger partial charge in [-0.2, -0.15) is 8.78 Å². The summed E-state index contributed by atoms with van der Waals surface area (Å²) in [6, 6.07) is 15.3. The van der Waals surface area contributed by atoms with Crippen molar-refractivity contribution in [1.29, 1.82) is 0 Å². The first-order valence-corrected chi connectivity index (χ1v) is 20.1. The fourth-order valence-electron chi connectivity index (χ4n) is 10.7. The third-order valence-electron chi connectivity index (χ3n) is 13.8. The smallest absolute Gasteiger partial charge is 0.410 e. The van der Waals surface area contributed by atoms with Crippen LogP contribution in [0.3, 0.4) is 0 Å². The number of rotatable bonds is 4. The van der Waals surface area contributed by atoms with E-state index in [9.17, 15) is 14.7 Å². The number of carboxylic acid groups (broad SMARTS) is 1. The van der Waals surface area contributed by atoms with Crippen molar-refractivity contribution in [2.75, 3.05) is 6.54 Å². The number of halogens is 2. The minimum Gasteiger partial charge on any atom is -0.465 e. The summed E-state index contributed by atoms with van der Waals surface area (Å²) in [5.41, 5.74) is 3.99. The standard InChI is InChI=1S/C45H48F2N6O4/c1-41(2,3)44-14-13-27(20-44)53(39(54)55)36(44)38-49-32-12-9-25(19-33(32)50-38)24-7-10-28-29-11-8-26(18-31(29)45(46,47)30(28)17-24)34-22-48-37(51-34)35-21-43(15-16-43)23-52(35)40(56)57-42(4,5)6/h7-12,17-19,22,27,35-36H,13-16,20-21,23H2,1-6H3,(H,48,51)(H,49,50)(H,54,55)/t27-,35+,36-,44?/m1/s1. The molecule has 1 unspecified atom stereocenters. The van der Waals surface area contributed by atoms with Crippen molar-refractivity contribution in [3.63, 3.8) is 0 Å². The van der Waals surface area contributed by atoms with Gasteiger partial charge in [0.15, 0.2) is 0 Å². The first-order valence-electron chi connectivity index (χ1n) is 20.1. The Balaban J connectivity index is 0.934. The van der Waals surface area contributed by atoms with Crippen LogP contribution in [-0.4, -0.2) is 65.2 Å². The third-order valence-corrected chi connectivity index (χ3v) is 13.8. The summed E-state index contributed by atoms with van der Waals surface area (Å²) in [5, 5.41) is 10.3. The second kappa shape index (κ2) is 11.7. The average molecular weight is 775 g/mol. The summed E-state index contributed by atoms with van der Waals surface area (Å²) in [4.78, 5) is 45.6. The van der Waals surface area contributed by atoms with E-state index in [0.29, 0.717) is 51.7 Å². The molecule has 2 aliphatic heterocycles. The van der Waals surface area contributed by atoms with Gasteiger partial charge in [-0.1, -0.05) is 51.1 Å². The molecular weight excluding hydrogens is 727 g/mol. The van der Waals surface area contributed by atoms with Crippen LogP contribution in [0.5, 0.6) is 0 Å². The Bertz CT molecular complexity index is 2510. The quantitative estimate of drug-likeness (QED) is 0.167.